The molecule has 0 aromatic heterocycles. The Balaban J connectivity index is 1.60. The number of sulfonamides is 1. The Bertz CT molecular complexity index is 1270. The molecule has 0 spiro atoms. The summed E-state index contributed by atoms with van der Waals surface area (Å²) in [5.41, 5.74) is 3.11. The van der Waals surface area contributed by atoms with Crippen LogP contribution < -0.4 is 14.5 Å². The zero-order chi connectivity index (χ0) is 23.6. The molecule has 9 heteroatoms. The molecule has 1 heterocycles. The molecule has 0 bridgehead atoms. The monoisotopic (exact) mass is 485 g/mol. The predicted octanol–water partition coefficient (Wildman–Crippen LogP) is 4.47. The van der Waals surface area contributed by atoms with Crippen LogP contribution >= 0.6 is 11.6 Å². The molecule has 4 rings (SSSR count). The Labute approximate surface area is 198 Å². The third kappa shape index (κ3) is 5.07. The summed E-state index contributed by atoms with van der Waals surface area (Å²) in [4.78, 5) is 15.9. The van der Waals surface area contributed by atoms with E-state index in [0.29, 0.717) is 36.9 Å². The summed E-state index contributed by atoms with van der Waals surface area (Å²) in [5, 5.41) is 10.1. The molecule has 33 heavy (non-hydrogen) atoms. The Morgan fingerprint density at radius 3 is 2.18 bits per heavy atom. The molecule has 0 radical (unpaired) electrons. The number of hydrogen-bond donors (Lipinski definition) is 2. The minimum absolute atomic E-state index is 0.0118. The predicted molar refractivity (Wildman–Crippen MR) is 131 cm³/mol. The molecule has 0 amide bonds. The number of nitrogens with one attached hydrogen (secondary N) is 1. The van der Waals surface area contributed by atoms with Gasteiger partial charge in [0.25, 0.3) is 10.0 Å². The molecule has 0 unspecified atom stereocenters. The van der Waals surface area contributed by atoms with Crippen molar-refractivity contribution in [2.45, 2.75) is 11.8 Å². The summed E-state index contributed by atoms with van der Waals surface area (Å²) in [6.45, 7) is 4.75. The highest BCUT2D eigenvalue weighted by Gasteiger charge is 2.24. The average Bonchev–Trinajstić information content (AvgIpc) is 2.81. The first-order chi connectivity index (χ1) is 15.7. The molecular weight excluding hydrogens is 462 g/mol. The maximum absolute atomic E-state index is 12.9. The van der Waals surface area contributed by atoms with Gasteiger partial charge in [-0.2, -0.15) is 0 Å². The number of hydrogen-bond acceptors (Lipinski definition) is 5. The van der Waals surface area contributed by atoms with Crippen molar-refractivity contribution in [3.05, 3.63) is 82.9 Å². The van der Waals surface area contributed by atoms with Crippen LogP contribution in [0.4, 0.5) is 17.1 Å². The number of aromatic carboxylic acids is 1. The SMILES string of the molecule is Cc1ccc(Cl)cc1N1CCN(c2ccc(C(=O)O)cc2NS(=O)(=O)c2ccccc2)CC1. The molecule has 1 aliphatic heterocycles. The van der Waals surface area contributed by atoms with Gasteiger partial charge < -0.3 is 14.9 Å². The highest BCUT2D eigenvalue weighted by Crippen LogP contribution is 2.32. The van der Waals surface area contributed by atoms with Crippen LogP contribution in [0.15, 0.2) is 71.6 Å². The van der Waals surface area contributed by atoms with Crippen molar-refractivity contribution >= 4 is 44.7 Å². The van der Waals surface area contributed by atoms with Gasteiger partial charge in [-0.05, 0) is 55.0 Å². The van der Waals surface area contributed by atoms with E-state index in [0.717, 1.165) is 11.3 Å². The molecule has 0 aliphatic carbocycles. The van der Waals surface area contributed by atoms with Gasteiger partial charge in [0, 0.05) is 36.9 Å². The lowest BCUT2D eigenvalue weighted by atomic mass is 10.1. The Kier molecular flexibility index (Phi) is 6.49. The summed E-state index contributed by atoms with van der Waals surface area (Å²) < 4.78 is 28.4. The molecule has 0 atom stereocenters. The van der Waals surface area contributed by atoms with Crippen molar-refractivity contribution in [2.24, 2.45) is 0 Å². The van der Waals surface area contributed by atoms with Crippen LogP contribution in [0.3, 0.4) is 0 Å². The normalized spacial score (nSPS) is 14.2. The topological polar surface area (TPSA) is 89.9 Å². The quantitative estimate of drug-likeness (QED) is 0.535. The molecule has 3 aromatic rings. The van der Waals surface area contributed by atoms with Gasteiger partial charge in [-0.3, -0.25) is 4.72 Å². The number of benzene rings is 3. The molecule has 1 aliphatic rings. The van der Waals surface area contributed by atoms with E-state index < -0.39 is 16.0 Å². The van der Waals surface area contributed by atoms with Crippen molar-refractivity contribution in [2.75, 3.05) is 40.7 Å². The third-order valence-corrected chi connectivity index (χ3v) is 7.29. The minimum atomic E-state index is -3.88. The summed E-state index contributed by atoms with van der Waals surface area (Å²) in [6.07, 6.45) is 0. The number of rotatable bonds is 6. The lowest BCUT2D eigenvalue weighted by molar-refractivity contribution is 0.0697. The molecule has 7 nitrogen and oxygen atoms in total. The largest absolute Gasteiger partial charge is 0.478 e. The second kappa shape index (κ2) is 9.33. The summed E-state index contributed by atoms with van der Waals surface area (Å²) >= 11 is 6.18. The minimum Gasteiger partial charge on any atom is -0.478 e. The van der Waals surface area contributed by atoms with Crippen LogP contribution in [0.25, 0.3) is 0 Å². The standard InChI is InChI=1S/C24H24ClN3O4S/c1-17-7-9-19(25)16-23(17)28-13-11-27(12-14-28)22-10-8-18(24(29)30)15-21(22)26-33(31,32)20-5-3-2-4-6-20/h2-10,15-16,26H,11-14H2,1H3,(H,29,30). The van der Waals surface area contributed by atoms with E-state index in [1.54, 1.807) is 24.3 Å². The summed E-state index contributed by atoms with van der Waals surface area (Å²) in [5.74, 6) is -1.12. The van der Waals surface area contributed by atoms with Crippen LogP contribution in [-0.2, 0) is 10.0 Å². The lowest BCUT2D eigenvalue weighted by Crippen LogP contribution is -2.47. The highest BCUT2D eigenvalue weighted by molar-refractivity contribution is 7.92. The van der Waals surface area contributed by atoms with E-state index in [1.807, 2.05) is 25.1 Å². The number of carboxylic acid groups (broad SMARTS) is 1. The number of piperazine rings is 1. The molecule has 3 aromatic carbocycles. The van der Waals surface area contributed by atoms with E-state index in [-0.39, 0.29) is 16.1 Å². The summed E-state index contributed by atoms with van der Waals surface area (Å²) in [6, 6.07) is 18.3. The molecule has 2 N–H and O–H groups in total. The van der Waals surface area contributed by atoms with E-state index in [9.17, 15) is 18.3 Å². The lowest BCUT2D eigenvalue weighted by Gasteiger charge is -2.38. The number of anilines is 3. The fourth-order valence-electron chi connectivity index (χ4n) is 3.94. The van der Waals surface area contributed by atoms with Gasteiger partial charge in [-0.15, -0.1) is 0 Å². The van der Waals surface area contributed by atoms with Crippen LogP contribution in [0, 0.1) is 6.92 Å². The Hall–Kier alpha value is -3.23. The van der Waals surface area contributed by atoms with Gasteiger partial charge in [-0.25, -0.2) is 13.2 Å². The van der Waals surface area contributed by atoms with Gasteiger partial charge in [0.15, 0.2) is 0 Å². The molecule has 0 saturated carbocycles. The van der Waals surface area contributed by atoms with Crippen molar-refractivity contribution in [1.29, 1.82) is 0 Å². The summed E-state index contributed by atoms with van der Waals surface area (Å²) in [7, 11) is -3.88. The molecule has 1 saturated heterocycles. The number of halogens is 1. The zero-order valence-corrected chi connectivity index (χ0v) is 19.6. The van der Waals surface area contributed by atoms with Crippen LogP contribution in [0.2, 0.25) is 5.02 Å². The average molecular weight is 486 g/mol. The van der Waals surface area contributed by atoms with Crippen molar-refractivity contribution < 1.29 is 18.3 Å². The van der Waals surface area contributed by atoms with Crippen molar-refractivity contribution in [1.82, 2.24) is 0 Å². The maximum atomic E-state index is 12.9. The van der Waals surface area contributed by atoms with Crippen molar-refractivity contribution in [3.63, 3.8) is 0 Å². The molecule has 1 fully saturated rings. The van der Waals surface area contributed by atoms with Gasteiger partial charge in [0.05, 0.1) is 21.8 Å². The smallest absolute Gasteiger partial charge is 0.335 e. The van der Waals surface area contributed by atoms with Crippen LogP contribution in [-0.4, -0.2) is 45.7 Å². The van der Waals surface area contributed by atoms with Gasteiger partial charge in [0.2, 0.25) is 0 Å². The molecule has 172 valence electrons. The highest BCUT2D eigenvalue weighted by atomic mass is 35.5. The fraction of sp³-hybridized carbons (Fsp3) is 0.208. The van der Waals surface area contributed by atoms with Crippen LogP contribution in [0.1, 0.15) is 15.9 Å². The van der Waals surface area contributed by atoms with Crippen molar-refractivity contribution in [3.8, 4) is 0 Å². The second-order valence-electron chi connectivity index (χ2n) is 7.86. The van der Waals surface area contributed by atoms with E-state index in [2.05, 4.69) is 14.5 Å². The fourth-order valence-corrected chi connectivity index (χ4v) is 5.19. The maximum Gasteiger partial charge on any atom is 0.335 e. The molecular formula is C24H24ClN3O4S. The van der Waals surface area contributed by atoms with Crippen LogP contribution in [0.5, 0.6) is 0 Å². The van der Waals surface area contributed by atoms with Gasteiger partial charge >= 0.3 is 5.97 Å². The van der Waals surface area contributed by atoms with E-state index in [4.69, 9.17) is 11.6 Å². The first-order valence-corrected chi connectivity index (χ1v) is 12.3. The number of nitrogens with zero attached hydrogens (tertiary/aromatic N) is 2. The number of carbonyl (C=O) groups is 1. The first kappa shape index (κ1) is 22.9. The van der Waals surface area contributed by atoms with E-state index in [1.165, 1.54) is 24.3 Å². The van der Waals surface area contributed by atoms with Gasteiger partial charge in [-0.1, -0.05) is 35.9 Å². The number of aryl methyl sites for hydroxylation is 1. The van der Waals surface area contributed by atoms with Gasteiger partial charge in [0.1, 0.15) is 0 Å². The zero-order valence-electron chi connectivity index (χ0n) is 18.0. The second-order valence-corrected chi connectivity index (χ2v) is 9.98. The number of carboxylic acids is 1. The Morgan fingerprint density at radius 2 is 1.55 bits per heavy atom. The van der Waals surface area contributed by atoms with E-state index >= 15 is 0 Å². The first-order valence-electron chi connectivity index (χ1n) is 10.5. The Morgan fingerprint density at radius 1 is 0.909 bits per heavy atom. The third-order valence-electron chi connectivity index (χ3n) is 5.67.